The third kappa shape index (κ3) is 5.17. The third-order valence-corrected chi connectivity index (χ3v) is 2.69. The molecular weight excluding hydrogens is 258 g/mol. The minimum Gasteiger partial charge on any atom is -0.484 e. The van der Waals surface area contributed by atoms with Crippen LogP contribution < -0.4 is 15.8 Å². The van der Waals surface area contributed by atoms with Crippen molar-refractivity contribution in [1.29, 1.82) is 0 Å². The number of nitrogens with one attached hydrogen (secondary N) is 1. The first kappa shape index (κ1) is 15.8. The van der Waals surface area contributed by atoms with Crippen molar-refractivity contribution >= 4 is 17.5 Å². The van der Waals surface area contributed by atoms with Gasteiger partial charge in [-0.05, 0) is 38.1 Å². The Kier molecular flexibility index (Phi) is 6.36. The molecule has 110 valence electrons. The Morgan fingerprint density at radius 3 is 2.45 bits per heavy atom. The monoisotopic (exact) mass is 279 g/mol. The van der Waals surface area contributed by atoms with Gasteiger partial charge in [-0.2, -0.15) is 0 Å². The summed E-state index contributed by atoms with van der Waals surface area (Å²) in [5, 5.41) is 2.66. The topological polar surface area (TPSA) is 84.7 Å². The second-order valence-corrected chi connectivity index (χ2v) is 4.22. The van der Waals surface area contributed by atoms with Gasteiger partial charge >= 0.3 is 0 Å². The number of nitrogen functional groups attached to an aromatic ring is 1. The fourth-order valence-electron chi connectivity index (χ4n) is 1.60. The number of hydrogen-bond donors (Lipinski definition) is 2. The summed E-state index contributed by atoms with van der Waals surface area (Å²) in [4.78, 5) is 24.9. The number of nitrogens with zero attached hydrogens (tertiary/aromatic N) is 1. The van der Waals surface area contributed by atoms with Crippen molar-refractivity contribution in [2.75, 3.05) is 32.0 Å². The van der Waals surface area contributed by atoms with E-state index in [1.54, 1.807) is 24.3 Å². The van der Waals surface area contributed by atoms with Crippen LogP contribution >= 0.6 is 0 Å². The summed E-state index contributed by atoms with van der Waals surface area (Å²) in [6, 6.07) is 6.80. The van der Waals surface area contributed by atoms with Gasteiger partial charge in [0.25, 0.3) is 5.91 Å². The Hall–Kier alpha value is -2.24. The van der Waals surface area contributed by atoms with Crippen LogP contribution in [-0.4, -0.2) is 43.0 Å². The van der Waals surface area contributed by atoms with E-state index in [0.29, 0.717) is 24.5 Å². The predicted octanol–water partition coefficient (Wildman–Crippen LogP) is 0.632. The predicted molar refractivity (Wildman–Crippen MR) is 77.3 cm³/mol. The van der Waals surface area contributed by atoms with Crippen molar-refractivity contribution in [3.63, 3.8) is 0 Å². The van der Waals surface area contributed by atoms with Gasteiger partial charge < -0.3 is 20.7 Å². The highest BCUT2D eigenvalue weighted by Crippen LogP contribution is 2.13. The van der Waals surface area contributed by atoms with E-state index in [1.807, 2.05) is 13.8 Å². The molecule has 0 atom stereocenters. The van der Waals surface area contributed by atoms with Gasteiger partial charge in [0.15, 0.2) is 6.61 Å². The molecule has 0 fully saturated rings. The van der Waals surface area contributed by atoms with Crippen molar-refractivity contribution in [3.05, 3.63) is 24.3 Å². The lowest BCUT2D eigenvalue weighted by molar-refractivity contribution is -0.137. The second-order valence-electron chi connectivity index (χ2n) is 4.22. The maximum absolute atomic E-state index is 12.0. The van der Waals surface area contributed by atoms with Crippen LogP contribution in [0.4, 0.5) is 5.69 Å². The SMILES string of the molecule is CCNC(=O)CN(CC)C(=O)COc1ccc(N)cc1. The summed E-state index contributed by atoms with van der Waals surface area (Å²) in [6.45, 7) is 4.61. The second kappa shape index (κ2) is 8.04. The Labute approximate surface area is 118 Å². The number of ether oxygens (including phenoxy) is 1. The molecule has 0 aliphatic heterocycles. The van der Waals surface area contributed by atoms with Gasteiger partial charge in [-0.15, -0.1) is 0 Å². The van der Waals surface area contributed by atoms with Crippen LogP contribution in [-0.2, 0) is 9.59 Å². The quantitative estimate of drug-likeness (QED) is 0.717. The van der Waals surface area contributed by atoms with E-state index in [2.05, 4.69) is 5.32 Å². The van der Waals surface area contributed by atoms with E-state index in [4.69, 9.17) is 10.5 Å². The highest BCUT2D eigenvalue weighted by Gasteiger charge is 2.15. The molecular formula is C14H21N3O3. The van der Waals surface area contributed by atoms with E-state index >= 15 is 0 Å². The standard InChI is InChI=1S/C14H21N3O3/c1-3-16-13(18)9-17(4-2)14(19)10-20-12-7-5-11(15)6-8-12/h5-8H,3-4,9-10,15H2,1-2H3,(H,16,18). The number of rotatable bonds is 7. The molecule has 0 saturated heterocycles. The molecule has 2 amide bonds. The lowest BCUT2D eigenvalue weighted by Gasteiger charge is -2.20. The molecule has 0 aromatic heterocycles. The Balaban J connectivity index is 2.46. The molecule has 0 aliphatic rings. The summed E-state index contributed by atoms with van der Waals surface area (Å²) in [7, 11) is 0. The lowest BCUT2D eigenvalue weighted by Crippen LogP contribution is -2.42. The summed E-state index contributed by atoms with van der Waals surface area (Å²) in [6.07, 6.45) is 0. The van der Waals surface area contributed by atoms with Crippen molar-refractivity contribution in [1.82, 2.24) is 10.2 Å². The van der Waals surface area contributed by atoms with E-state index in [0.717, 1.165) is 0 Å². The minimum absolute atomic E-state index is 0.0499. The van der Waals surface area contributed by atoms with Crippen LogP contribution in [0.3, 0.4) is 0 Å². The van der Waals surface area contributed by atoms with Gasteiger partial charge in [0, 0.05) is 18.8 Å². The first-order chi connectivity index (χ1) is 9.56. The van der Waals surface area contributed by atoms with Crippen molar-refractivity contribution in [3.8, 4) is 5.75 Å². The van der Waals surface area contributed by atoms with Gasteiger partial charge in [-0.3, -0.25) is 9.59 Å². The van der Waals surface area contributed by atoms with Crippen LogP contribution in [0.15, 0.2) is 24.3 Å². The molecule has 1 aromatic carbocycles. The Morgan fingerprint density at radius 2 is 1.90 bits per heavy atom. The van der Waals surface area contributed by atoms with Gasteiger partial charge in [-0.25, -0.2) is 0 Å². The van der Waals surface area contributed by atoms with E-state index < -0.39 is 0 Å². The number of carbonyl (C=O) groups excluding carboxylic acids is 2. The number of amides is 2. The largest absolute Gasteiger partial charge is 0.484 e. The maximum atomic E-state index is 12.0. The summed E-state index contributed by atoms with van der Waals surface area (Å²) < 4.78 is 5.37. The minimum atomic E-state index is -0.226. The zero-order valence-corrected chi connectivity index (χ0v) is 11.9. The van der Waals surface area contributed by atoms with Crippen LogP contribution in [0.2, 0.25) is 0 Å². The average Bonchev–Trinajstić information content (AvgIpc) is 2.44. The zero-order valence-electron chi connectivity index (χ0n) is 11.9. The average molecular weight is 279 g/mol. The van der Waals surface area contributed by atoms with E-state index in [-0.39, 0.29) is 25.0 Å². The third-order valence-electron chi connectivity index (χ3n) is 2.69. The molecule has 0 spiro atoms. The number of carbonyl (C=O) groups is 2. The normalized spacial score (nSPS) is 9.90. The summed E-state index contributed by atoms with van der Waals surface area (Å²) >= 11 is 0. The van der Waals surface area contributed by atoms with Crippen LogP contribution in [0.5, 0.6) is 5.75 Å². The smallest absolute Gasteiger partial charge is 0.260 e. The number of nitrogens with two attached hydrogens (primary N) is 1. The molecule has 0 bridgehead atoms. The van der Waals surface area contributed by atoms with Gasteiger partial charge in [0.2, 0.25) is 5.91 Å². The van der Waals surface area contributed by atoms with Crippen LogP contribution in [0.25, 0.3) is 0 Å². The lowest BCUT2D eigenvalue weighted by atomic mass is 10.3. The fraction of sp³-hybridized carbons (Fsp3) is 0.429. The van der Waals surface area contributed by atoms with Gasteiger partial charge in [0.1, 0.15) is 5.75 Å². The highest BCUT2D eigenvalue weighted by atomic mass is 16.5. The van der Waals surface area contributed by atoms with Crippen molar-refractivity contribution in [2.24, 2.45) is 0 Å². The fourth-order valence-corrected chi connectivity index (χ4v) is 1.60. The molecule has 0 unspecified atom stereocenters. The van der Waals surface area contributed by atoms with Crippen LogP contribution in [0.1, 0.15) is 13.8 Å². The molecule has 6 nitrogen and oxygen atoms in total. The first-order valence-electron chi connectivity index (χ1n) is 6.59. The van der Waals surface area contributed by atoms with Crippen LogP contribution in [0, 0.1) is 0 Å². The first-order valence-corrected chi connectivity index (χ1v) is 6.59. The van der Waals surface area contributed by atoms with Gasteiger partial charge in [-0.1, -0.05) is 0 Å². The molecule has 1 aromatic rings. The maximum Gasteiger partial charge on any atom is 0.260 e. The molecule has 0 saturated carbocycles. The van der Waals surface area contributed by atoms with Crippen molar-refractivity contribution < 1.29 is 14.3 Å². The molecule has 1 rings (SSSR count). The number of hydrogen-bond acceptors (Lipinski definition) is 4. The summed E-state index contributed by atoms with van der Waals surface area (Å²) in [5.41, 5.74) is 6.19. The molecule has 0 aliphatic carbocycles. The summed E-state index contributed by atoms with van der Waals surface area (Å²) in [5.74, 6) is 0.173. The number of likely N-dealkylation sites (N-methyl/N-ethyl adjacent to an activating group) is 2. The van der Waals surface area contributed by atoms with E-state index in [9.17, 15) is 9.59 Å². The molecule has 20 heavy (non-hydrogen) atoms. The molecule has 6 heteroatoms. The molecule has 3 N–H and O–H groups in total. The molecule has 0 radical (unpaired) electrons. The Bertz CT molecular complexity index is 445. The highest BCUT2D eigenvalue weighted by molar-refractivity contribution is 5.85. The number of benzene rings is 1. The van der Waals surface area contributed by atoms with E-state index in [1.165, 1.54) is 4.90 Å². The molecule has 0 heterocycles. The Morgan fingerprint density at radius 1 is 1.25 bits per heavy atom. The number of anilines is 1. The van der Waals surface area contributed by atoms with Crippen molar-refractivity contribution in [2.45, 2.75) is 13.8 Å². The zero-order chi connectivity index (χ0) is 15.0. The van der Waals surface area contributed by atoms with Gasteiger partial charge in [0.05, 0.1) is 6.54 Å².